The highest BCUT2D eigenvalue weighted by Crippen LogP contribution is 2.33. The first kappa shape index (κ1) is 14.7. The van der Waals surface area contributed by atoms with Crippen molar-refractivity contribution in [1.29, 1.82) is 0 Å². The van der Waals surface area contributed by atoms with Gasteiger partial charge in [-0.1, -0.05) is 45.2 Å². The van der Waals surface area contributed by atoms with Crippen LogP contribution in [0.25, 0.3) is 22.3 Å². The summed E-state index contributed by atoms with van der Waals surface area (Å²) in [5, 5.41) is 1.20. The minimum absolute atomic E-state index is 0.195. The average molecular weight is 386 g/mol. The van der Waals surface area contributed by atoms with Crippen molar-refractivity contribution >= 4 is 50.0 Å². The molecule has 0 atom stereocenters. The number of aryl methyl sites for hydroxylation is 1. The third-order valence-electron chi connectivity index (χ3n) is 3.13. The highest BCUT2D eigenvalue weighted by atomic mass is 79.9. The number of benzene rings is 2. The molecule has 0 N–H and O–H groups in total. The normalized spacial score (nSPS) is 11.1. The summed E-state index contributed by atoms with van der Waals surface area (Å²) < 4.78 is 14.9. The van der Waals surface area contributed by atoms with Crippen molar-refractivity contribution in [1.82, 2.24) is 9.97 Å². The fraction of sp³-hybridized carbons (Fsp3) is 0.0667. The summed E-state index contributed by atoms with van der Waals surface area (Å²) in [5.41, 5.74) is 1.61. The predicted molar refractivity (Wildman–Crippen MR) is 87.4 cm³/mol. The van der Waals surface area contributed by atoms with Crippen LogP contribution in [0.3, 0.4) is 0 Å². The van der Waals surface area contributed by atoms with Gasteiger partial charge in [0.25, 0.3) is 0 Å². The molecule has 0 spiro atoms. The number of aromatic nitrogens is 2. The first-order valence-electron chi connectivity index (χ1n) is 6.05. The third-order valence-corrected chi connectivity index (χ3v) is 4.23. The smallest absolute Gasteiger partial charge is 0.163 e. The van der Waals surface area contributed by atoms with Crippen molar-refractivity contribution in [3.05, 3.63) is 56.4 Å². The maximum Gasteiger partial charge on any atom is 0.163 e. The van der Waals surface area contributed by atoms with Gasteiger partial charge in [0.15, 0.2) is 5.82 Å². The lowest BCUT2D eigenvalue weighted by Crippen LogP contribution is -1.96. The molecule has 0 aliphatic carbocycles. The largest absolute Gasteiger partial charge is 0.225 e. The van der Waals surface area contributed by atoms with Crippen LogP contribution >= 0.6 is 39.1 Å². The lowest BCUT2D eigenvalue weighted by molar-refractivity contribution is 0.636. The average Bonchev–Trinajstić information content (AvgIpc) is 2.45. The van der Waals surface area contributed by atoms with Crippen LogP contribution in [0.15, 0.2) is 34.8 Å². The molecular weight excluding hydrogens is 378 g/mol. The summed E-state index contributed by atoms with van der Waals surface area (Å²) in [4.78, 5) is 8.55. The van der Waals surface area contributed by atoms with Gasteiger partial charge in [0, 0.05) is 15.4 Å². The van der Waals surface area contributed by atoms with E-state index in [9.17, 15) is 4.39 Å². The SMILES string of the molecule is Cc1ccc(F)c2nc(-c3cc(Br)ccc3Cl)nc(Cl)c12. The van der Waals surface area contributed by atoms with Gasteiger partial charge in [0.2, 0.25) is 0 Å². The van der Waals surface area contributed by atoms with Gasteiger partial charge in [-0.05, 0) is 36.8 Å². The van der Waals surface area contributed by atoms with Crippen LogP contribution in [0, 0.1) is 12.7 Å². The molecule has 3 aromatic rings. The Labute approximate surface area is 139 Å². The maximum absolute atomic E-state index is 14.0. The Hall–Kier alpha value is -1.23. The standard InChI is InChI=1S/C15H8BrCl2FN2/c1-7-2-5-11(19)13-12(7)14(18)21-15(20-13)9-6-8(16)3-4-10(9)17/h2-6H,1H3. The van der Waals surface area contributed by atoms with Crippen LogP contribution in [-0.4, -0.2) is 9.97 Å². The molecule has 0 fully saturated rings. The molecule has 0 aliphatic heterocycles. The van der Waals surface area contributed by atoms with Crippen molar-refractivity contribution in [3.8, 4) is 11.4 Å². The molecule has 0 amide bonds. The van der Waals surface area contributed by atoms with E-state index < -0.39 is 5.82 Å². The molecule has 0 bridgehead atoms. The minimum Gasteiger partial charge on any atom is -0.225 e. The number of hydrogen-bond donors (Lipinski definition) is 0. The summed E-state index contributed by atoms with van der Waals surface area (Å²) in [6.07, 6.45) is 0. The van der Waals surface area contributed by atoms with E-state index in [2.05, 4.69) is 25.9 Å². The Kier molecular flexibility index (Phi) is 3.86. The number of nitrogens with zero attached hydrogens (tertiary/aromatic N) is 2. The molecule has 2 aromatic carbocycles. The number of fused-ring (bicyclic) bond motifs is 1. The summed E-state index contributed by atoms with van der Waals surface area (Å²) in [6.45, 7) is 1.84. The molecule has 2 nitrogen and oxygen atoms in total. The molecule has 0 unspecified atom stereocenters. The van der Waals surface area contributed by atoms with E-state index in [1.54, 1.807) is 24.3 Å². The molecule has 21 heavy (non-hydrogen) atoms. The first-order chi connectivity index (χ1) is 9.97. The molecule has 1 aromatic heterocycles. The zero-order valence-corrected chi connectivity index (χ0v) is 13.9. The summed E-state index contributed by atoms with van der Waals surface area (Å²) in [5.74, 6) is -0.143. The van der Waals surface area contributed by atoms with E-state index in [1.807, 2.05) is 6.92 Å². The van der Waals surface area contributed by atoms with Crippen LogP contribution in [0.2, 0.25) is 10.2 Å². The Morgan fingerprint density at radius 1 is 1.10 bits per heavy atom. The van der Waals surface area contributed by atoms with E-state index in [1.165, 1.54) is 6.07 Å². The van der Waals surface area contributed by atoms with Crippen molar-refractivity contribution in [2.45, 2.75) is 6.92 Å². The van der Waals surface area contributed by atoms with Crippen LogP contribution in [0.1, 0.15) is 5.56 Å². The zero-order valence-electron chi connectivity index (χ0n) is 10.8. The van der Waals surface area contributed by atoms with Crippen LogP contribution in [0.5, 0.6) is 0 Å². The molecular formula is C15H8BrCl2FN2. The predicted octanol–water partition coefficient (Wildman–Crippen LogP) is 5.81. The van der Waals surface area contributed by atoms with Crippen molar-refractivity contribution in [2.24, 2.45) is 0 Å². The van der Waals surface area contributed by atoms with Gasteiger partial charge >= 0.3 is 0 Å². The highest BCUT2D eigenvalue weighted by Gasteiger charge is 2.15. The molecule has 0 aliphatic rings. The lowest BCUT2D eigenvalue weighted by Gasteiger charge is -2.09. The Morgan fingerprint density at radius 2 is 1.86 bits per heavy atom. The minimum atomic E-state index is -0.438. The summed E-state index contributed by atoms with van der Waals surface area (Å²) in [7, 11) is 0. The fourth-order valence-corrected chi connectivity index (χ4v) is 2.99. The monoisotopic (exact) mass is 384 g/mol. The summed E-state index contributed by atoms with van der Waals surface area (Å²) >= 11 is 15.7. The second kappa shape index (κ2) is 5.52. The van der Waals surface area contributed by atoms with Gasteiger partial charge in [0.1, 0.15) is 16.5 Å². The molecule has 1 heterocycles. The number of rotatable bonds is 1. The molecule has 6 heteroatoms. The Balaban J connectivity index is 2.35. The zero-order chi connectivity index (χ0) is 15.1. The quantitative estimate of drug-likeness (QED) is 0.493. The second-order valence-electron chi connectivity index (χ2n) is 4.55. The Bertz CT molecular complexity index is 868. The maximum atomic E-state index is 14.0. The van der Waals surface area contributed by atoms with Crippen molar-refractivity contribution in [3.63, 3.8) is 0 Å². The van der Waals surface area contributed by atoms with Gasteiger partial charge in [0.05, 0.1) is 5.02 Å². The summed E-state index contributed by atoms with van der Waals surface area (Å²) in [6, 6.07) is 8.31. The van der Waals surface area contributed by atoms with Gasteiger partial charge in [-0.15, -0.1) is 0 Å². The van der Waals surface area contributed by atoms with E-state index in [0.29, 0.717) is 21.8 Å². The van der Waals surface area contributed by atoms with Crippen LogP contribution < -0.4 is 0 Å². The Morgan fingerprint density at radius 3 is 2.62 bits per heavy atom. The molecule has 3 rings (SSSR count). The molecule has 0 saturated carbocycles. The van der Waals surface area contributed by atoms with Crippen LogP contribution in [-0.2, 0) is 0 Å². The highest BCUT2D eigenvalue weighted by molar-refractivity contribution is 9.10. The van der Waals surface area contributed by atoms with Crippen molar-refractivity contribution in [2.75, 3.05) is 0 Å². The second-order valence-corrected chi connectivity index (χ2v) is 6.23. The number of halogens is 4. The van der Waals surface area contributed by atoms with E-state index >= 15 is 0 Å². The van der Waals surface area contributed by atoms with Gasteiger partial charge in [-0.2, -0.15) is 0 Å². The topological polar surface area (TPSA) is 25.8 Å². The fourth-order valence-electron chi connectivity index (χ4n) is 2.11. The third kappa shape index (κ3) is 2.63. The first-order valence-corrected chi connectivity index (χ1v) is 7.60. The van der Waals surface area contributed by atoms with Crippen molar-refractivity contribution < 1.29 is 4.39 Å². The number of hydrogen-bond acceptors (Lipinski definition) is 2. The lowest BCUT2D eigenvalue weighted by atomic mass is 10.1. The van der Waals surface area contributed by atoms with E-state index in [0.717, 1.165) is 10.0 Å². The van der Waals surface area contributed by atoms with E-state index in [-0.39, 0.29) is 10.7 Å². The van der Waals surface area contributed by atoms with E-state index in [4.69, 9.17) is 23.2 Å². The van der Waals surface area contributed by atoms with Gasteiger partial charge in [-0.3, -0.25) is 0 Å². The molecule has 0 radical (unpaired) electrons. The molecule has 106 valence electrons. The molecule has 0 saturated heterocycles. The van der Waals surface area contributed by atoms with Gasteiger partial charge in [-0.25, -0.2) is 14.4 Å². The van der Waals surface area contributed by atoms with Crippen LogP contribution in [0.4, 0.5) is 4.39 Å². The van der Waals surface area contributed by atoms with Gasteiger partial charge < -0.3 is 0 Å².